The van der Waals surface area contributed by atoms with E-state index in [-0.39, 0.29) is 12.5 Å². The maximum atomic E-state index is 11.1. The number of methoxy groups -OCH3 is 2. The Hall–Kier alpha value is -2.96. The van der Waals surface area contributed by atoms with E-state index in [2.05, 4.69) is 4.57 Å². The van der Waals surface area contributed by atoms with Crippen molar-refractivity contribution < 1.29 is 24.1 Å². The molecule has 0 unspecified atom stereocenters. The van der Waals surface area contributed by atoms with Crippen LogP contribution < -0.4 is 9.47 Å². The summed E-state index contributed by atoms with van der Waals surface area (Å²) in [5, 5.41) is 9.70. The van der Waals surface area contributed by atoms with Gasteiger partial charge in [0.25, 0.3) is 0 Å². The van der Waals surface area contributed by atoms with Crippen LogP contribution in [0.4, 0.5) is 0 Å². The standard InChI is InChI=1S/C24H24ClNO5/c1-29-21-9-3-6-16(24(21)30-2)23-17-14-15(25)11-12-18(17)26-13-5-7-19(26)20(31-23)8-4-10-22(27)28/h3,5-7,9,11-14,20,23H,4,8,10H2,1-2H3,(H,27,28)/t20-,23-/m1/s1. The lowest BCUT2D eigenvalue weighted by Crippen LogP contribution is -2.12. The Morgan fingerprint density at radius 1 is 1.13 bits per heavy atom. The summed E-state index contributed by atoms with van der Waals surface area (Å²) >= 11 is 6.38. The lowest BCUT2D eigenvalue weighted by Gasteiger charge is -2.25. The summed E-state index contributed by atoms with van der Waals surface area (Å²) < 4.78 is 20.0. The largest absolute Gasteiger partial charge is 0.493 e. The van der Waals surface area contributed by atoms with E-state index < -0.39 is 12.1 Å². The van der Waals surface area contributed by atoms with Crippen molar-refractivity contribution in [1.82, 2.24) is 4.57 Å². The van der Waals surface area contributed by atoms with Crippen LogP contribution in [0.1, 0.15) is 48.3 Å². The van der Waals surface area contributed by atoms with Crippen molar-refractivity contribution in [2.24, 2.45) is 0 Å². The molecule has 6 nitrogen and oxygen atoms in total. The first kappa shape index (κ1) is 21.3. The Kier molecular flexibility index (Phi) is 6.20. The first-order valence-corrected chi connectivity index (χ1v) is 10.5. The van der Waals surface area contributed by atoms with Gasteiger partial charge < -0.3 is 23.9 Å². The summed E-state index contributed by atoms with van der Waals surface area (Å²) in [7, 11) is 3.20. The monoisotopic (exact) mass is 441 g/mol. The summed E-state index contributed by atoms with van der Waals surface area (Å²) in [5.74, 6) is 0.389. The van der Waals surface area contributed by atoms with Gasteiger partial charge in [0, 0.05) is 28.8 Å². The van der Waals surface area contributed by atoms with Gasteiger partial charge in [-0.1, -0.05) is 23.7 Å². The molecular weight excluding hydrogens is 418 g/mol. The highest BCUT2D eigenvalue weighted by Gasteiger charge is 2.32. The molecule has 0 saturated heterocycles. The van der Waals surface area contributed by atoms with E-state index in [1.807, 2.05) is 54.7 Å². The van der Waals surface area contributed by atoms with Crippen LogP contribution in [0.5, 0.6) is 11.5 Å². The molecule has 0 amide bonds. The normalized spacial score (nSPS) is 17.4. The summed E-state index contributed by atoms with van der Waals surface area (Å²) in [4.78, 5) is 11.1. The highest BCUT2D eigenvalue weighted by atomic mass is 35.5. The van der Waals surface area contributed by atoms with Gasteiger partial charge in [-0.05, 0) is 49.2 Å². The molecule has 1 aromatic heterocycles. The second-order valence-corrected chi connectivity index (χ2v) is 7.82. The fraction of sp³-hybridized carbons (Fsp3) is 0.292. The maximum absolute atomic E-state index is 11.1. The number of aromatic nitrogens is 1. The minimum Gasteiger partial charge on any atom is -0.493 e. The molecule has 31 heavy (non-hydrogen) atoms. The number of carboxylic acid groups (broad SMARTS) is 1. The Labute approximate surface area is 185 Å². The predicted octanol–water partition coefficient (Wildman–Crippen LogP) is 5.56. The molecule has 0 aliphatic carbocycles. The van der Waals surface area contributed by atoms with Gasteiger partial charge in [0.05, 0.1) is 31.7 Å². The van der Waals surface area contributed by atoms with Crippen LogP contribution in [0, 0.1) is 0 Å². The van der Waals surface area contributed by atoms with Crippen molar-refractivity contribution in [3.8, 4) is 17.2 Å². The average molecular weight is 442 g/mol. The van der Waals surface area contributed by atoms with E-state index in [1.165, 1.54) is 0 Å². The third-order valence-corrected chi connectivity index (χ3v) is 5.75. The van der Waals surface area contributed by atoms with E-state index in [0.29, 0.717) is 29.4 Å². The SMILES string of the molecule is COc1cccc([C@H]2O[C@H](CCCC(=O)O)c3cccn3-c3ccc(Cl)cc32)c1OC. The lowest BCUT2D eigenvalue weighted by atomic mass is 9.98. The van der Waals surface area contributed by atoms with E-state index in [0.717, 1.165) is 22.5 Å². The van der Waals surface area contributed by atoms with Crippen LogP contribution in [0.25, 0.3) is 5.69 Å². The van der Waals surface area contributed by atoms with Crippen LogP contribution in [-0.2, 0) is 9.53 Å². The van der Waals surface area contributed by atoms with Crippen molar-refractivity contribution >= 4 is 17.6 Å². The number of carbonyl (C=O) groups is 1. The lowest BCUT2D eigenvalue weighted by molar-refractivity contribution is -0.137. The van der Waals surface area contributed by atoms with E-state index >= 15 is 0 Å². The molecule has 1 aliphatic heterocycles. The highest BCUT2D eigenvalue weighted by molar-refractivity contribution is 6.30. The molecule has 1 N–H and O–H groups in total. The van der Waals surface area contributed by atoms with Crippen LogP contribution in [0.2, 0.25) is 5.02 Å². The molecule has 0 saturated carbocycles. The van der Waals surface area contributed by atoms with Crippen LogP contribution in [0.3, 0.4) is 0 Å². The molecule has 0 radical (unpaired) electrons. The third-order valence-electron chi connectivity index (χ3n) is 5.51. The number of para-hydroxylation sites is 1. The number of ether oxygens (including phenoxy) is 3. The van der Waals surface area contributed by atoms with Gasteiger partial charge in [-0.15, -0.1) is 0 Å². The molecule has 4 rings (SSSR count). The topological polar surface area (TPSA) is 69.9 Å². The number of carboxylic acids is 1. The van der Waals surface area contributed by atoms with Crippen LogP contribution >= 0.6 is 11.6 Å². The van der Waals surface area contributed by atoms with Crippen molar-refractivity contribution in [3.05, 3.63) is 76.6 Å². The molecule has 7 heteroatoms. The zero-order chi connectivity index (χ0) is 22.0. The first-order valence-electron chi connectivity index (χ1n) is 10.1. The smallest absolute Gasteiger partial charge is 0.303 e. The fourth-order valence-corrected chi connectivity index (χ4v) is 4.33. The molecule has 0 fully saturated rings. The van der Waals surface area contributed by atoms with Crippen molar-refractivity contribution in [1.29, 1.82) is 0 Å². The Balaban J connectivity index is 1.86. The quantitative estimate of drug-likeness (QED) is 0.519. The molecule has 2 heterocycles. The first-order chi connectivity index (χ1) is 15.0. The minimum absolute atomic E-state index is 0.0898. The highest BCUT2D eigenvalue weighted by Crippen LogP contribution is 2.46. The van der Waals surface area contributed by atoms with Gasteiger partial charge >= 0.3 is 5.97 Å². The van der Waals surface area contributed by atoms with Gasteiger partial charge in [0.1, 0.15) is 6.10 Å². The number of hydrogen-bond donors (Lipinski definition) is 1. The predicted molar refractivity (Wildman–Crippen MR) is 117 cm³/mol. The van der Waals surface area contributed by atoms with E-state index in [4.69, 9.17) is 30.9 Å². The molecule has 0 bridgehead atoms. The van der Waals surface area contributed by atoms with Crippen molar-refractivity contribution in [3.63, 3.8) is 0 Å². The minimum atomic E-state index is -0.815. The van der Waals surface area contributed by atoms with Gasteiger partial charge in [0.15, 0.2) is 11.5 Å². The summed E-state index contributed by atoms with van der Waals surface area (Å²) in [5.41, 5.74) is 3.65. The van der Waals surface area contributed by atoms with E-state index in [1.54, 1.807) is 14.2 Å². The maximum Gasteiger partial charge on any atom is 0.303 e. The van der Waals surface area contributed by atoms with Crippen molar-refractivity contribution in [2.45, 2.75) is 31.5 Å². The molecule has 1 aliphatic rings. The number of halogens is 1. The third kappa shape index (κ3) is 4.13. The second kappa shape index (κ2) is 9.04. The second-order valence-electron chi connectivity index (χ2n) is 7.38. The number of fused-ring (bicyclic) bond motifs is 3. The molecule has 2 aromatic carbocycles. The Bertz CT molecular complexity index is 1090. The molecule has 3 aromatic rings. The van der Waals surface area contributed by atoms with Gasteiger partial charge in [-0.3, -0.25) is 4.79 Å². The number of rotatable bonds is 7. The summed E-state index contributed by atoms with van der Waals surface area (Å²) in [6.07, 6.45) is 2.37. The fourth-order valence-electron chi connectivity index (χ4n) is 4.15. The van der Waals surface area contributed by atoms with Crippen LogP contribution in [-0.4, -0.2) is 29.9 Å². The molecule has 2 atom stereocenters. The van der Waals surface area contributed by atoms with Gasteiger partial charge in [-0.2, -0.15) is 0 Å². The van der Waals surface area contributed by atoms with E-state index in [9.17, 15) is 4.79 Å². The molecule has 0 spiro atoms. The average Bonchev–Trinajstić information content (AvgIpc) is 3.20. The summed E-state index contributed by atoms with van der Waals surface area (Å²) in [6.45, 7) is 0. The van der Waals surface area contributed by atoms with Crippen molar-refractivity contribution in [2.75, 3.05) is 14.2 Å². The van der Waals surface area contributed by atoms with Gasteiger partial charge in [-0.25, -0.2) is 0 Å². The molecular formula is C24H24ClNO5. The summed E-state index contributed by atoms with van der Waals surface area (Å²) in [6, 6.07) is 15.4. The zero-order valence-corrected chi connectivity index (χ0v) is 18.1. The van der Waals surface area contributed by atoms with Gasteiger partial charge in [0.2, 0.25) is 0 Å². The number of hydrogen-bond acceptors (Lipinski definition) is 4. The zero-order valence-electron chi connectivity index (χ0n) is 17.4. The number of aliphatic carboxylic acids is 1. The number of nitrogens with zero attached hydrogens (tertiary/aromatic N) is 1. The Morgan fingerprint density at radius 2 is 1.97 bits per heavy atom. The number of benzene rings is 2. The Morgan fingerprint density at radius 3 is 2.71 bits per heavy atom. The van der Waals surface area contributed by atoms with Crippen LogP contribution in [0.15, 0.2) is 54.7 Å². The molecule has 162 valence electrons.